The third-order valence-electron chi connectivity index (χ3n) is 2.54. The summed E-state index contributed by atoms with van der Waals surface area (Å²) in [6, 6.07) is 10.9. The van der Waals surface area contributed by atoms with E-state index in [0.29, 0.717) is 12.4 Å². The zero-order valence-electron chi connectivity index (χ0n) is 11.7. The first kappa shape index (κ1) is 14.6. The maximum atomic E-state index is 11.6. The largest absolute Gasteiger partial charge is 0.494 e. The number of hydrogen-bond donors (Lipinski definition) is 2. The number of ether oxygens (including phenoxy) is 1. The second-order valence-electron chi connectivity index (χ2n) is 4.12. The van der Waals surface area contributed by atoms with Gasteiger partial charge in [-0.25, -0.2) is 5.43 Å². The van der Waals surface area contributed by atoms with E-state index in [9.17, 15) is 4.79 Å². The third-order valence-corrected chi connectivity index (χ3v) is 2.54. The quantitative estimate of drug-likeness (QED) is 0.605. The molecule has 21 heavy (non-hydrogen) atoms. The van der Waals surface area contributed by atoms with Crippen LogP contribution in [0.4, 0.5) is 5.69 Å². The minimum atomic E-state index is -0.244. The van der Waals surface area contributed by atoms with Crippen LogP contribution in [0.5, 0.6) is 5.75 Å². The van der Waals surface area contributed by atoms with Crippen LogP contribution >= 0.6 is 0 Å². The lowest BCUT2D eigenvalue weighted by atomic mass is 10.3. The number of hydrogen-bond acceptors (Lipinski definition) is 5. The summed E-state index contributed by atoms with van der Waals surface area (Å²) < 4.78 is 10.4. The molecule has 0 bridgehead atoms. The van der Waals surface area contributed by atoms with Crippen molar-refractivity contribution >= 4 is 17.8 Å². The number of hydrazone groups is 1. The maximum Gasteiger partial charge on any atom is 0.259 e. The van der Waals surface area contributed by atoms with Crippen molar-refractivity contribution in [1.82, 2.24) is 5.43 Å². The number of benzene rings is 1. The summed E-state index contributed by atoms with van der Waals surface area (Å²) >= 11 is 0. The molecule has 0 atom stereocenters. The first-order valence-corrected chi connectivity index (χ1v) is 6.60. The van der Waals surface area contributed by atoms with Crippen LogP contribution in [0.25, 0.3) is 0 Å². The van der Waals surface area contributed by atoms with Gasteiger partial charge in [-0.2, -0.15) is 5.10 Å². The normalized spacial score (nSPS) is 10.5. The molecule has 6 heteroatoms. The topological polar surface area (TPSA) is 75.9 Å². The molecule has 1 aromatic heterocycles. The van der Waals surface area contributed by atoms with Crippen LogP contribution in [-0.4, -0.2) is 25.3 Å². The standard InChI is InChI=1S/C15H17N3O3/c1-2-20-13-7-5-12(6-8-13)16-11-15(19)18-17-10-14-4-3-9-21-14/h3-10,16H,2,11H2,1H3,(H,18,19)/b17-10-. The van der Waals surface area contributed by atoms with E-state index in [1.807, 2.05) is 31.2 Å². The molecule has 1 aromatic carbocycles. The molecule has 0 saturated carbocycles. The summed E-state index contributed by atoms with van der Waals surface area (Å²) in [5.74, 6) is 1.14. The number of carbonyl (C=O) groups excluding carboxylic acids is 1. The van der Waals surface area contributed by atoms with E-state index < -0.39 is 0 Å². The first-order chi connectivity index (χ1) is 10.3. The van der Waals surface area contributed by atoms with E-state index in [0.717, 1.165) is 11.4 Å². The van der Waals surface area contributed by atoms with Crippen molar-refractivity contribution in [2.45, 2.75) is 6.92 Å². The Balaban J connectivity index is 1.73. The third kappa shape index (κ3) is 5.02. The average molecular weight is 287 g/mol. The highest BCUT2D eigenvalue weighted by Crippen LogP contribution is 2.15. The fourth-order valence-corrected chi connectivity index (χ4v) is 1.59. The molecule has 1 amide bonds. The van der Waals surface area contributed by atoms with Gasteiger partial charge in [0, 0.05) is 5.69 Å². The summed E-state index contributed by atoms with van der Waals surface area (Å²) in [6.07, 6.45) is 2.98. The molecule has 2 N–H and O–H groups in total. The van der Waals surface area contributed by atoms with Gasteiger partial charge in [-0.15, -0.1) is 0 Å². The summed E-state index contributed by atoms with van der Waals surface area (Å²) in [4.78, 5) is 11.6. The van der Waals surface area contributed by atoms with Crippen LogP contribution in [0.2, 0.25) is 0 Å². The Kier molecular flexibility index (Phi) is 5.40. The summed E-state index contributed by atoms with van der Waals surface area (Å²) in [5.41, 5.74) is 3.24. The van der Waals surface area contributed by atoms with E-state index >= 15 is 0 Å². The summed E-state index contributed by atoms with van der Waals surface area (Å²) in [5, 5.41) is 6.78. The number of furan rings is 1. The highest BCUT2D eigenvalue weighted by molar-refractivity contribution is 5.83. The fourth-order valence-electron chi connectivity index (χ4n) is 1.59. The highest BCUT2D eigenvalue weighted by atomic mass is 16.5. The molecule has 0 unspecified atom stereocenters. The molecule has 0 radical (unpaired) electrons. The summed E-state index contributed by atoms with van der Waals surface area (Å²) in [6.45, 7) is 2.69. The molecule has 0 aliphatic heterocycles. The van der Waals surface area contributed by atoms with E-state index in [1.54, 1.807) is 12.1 Å². The molecule has 0 spiro atoms. The Morgan fingerprint density at radius 3 is 2.81 bits per heavy atom. The Hall–Kier alpha value is -2.76. The van der Waals surface area contributed by atoms with Crippen LogP contribution in [0, 0.1) is 0 Å². The highest BCUT2D eigenvalue weighted by Gasteiger charge is 2.00. The van der Waals surface area contributed by atoms with Crippen molar-refractivity contribution in [2.24, 2.45) is 5.10 Å². The second-order valence-corrected chi connectivity index (χ2v) is 4.12. The first-order valence-electron chi connectivity index (χ1n) is 6.60. The zero-order chi connectivity index (χ0) is 14.9. The van der Waals surface area contributed by atoms with E-state index in [2.05, 4.69) is 15.8 Å². The zero-order valence-corrected chi connectivity index (χ0v) is 11.7. The van der Waals surface area contributed by atoms with Crippen molar-refractivity contribution in [3.05, 3.63) is 48.4 Å². The van der Waals surface area contributed by atoms with Crippen LogP contribution in [-0.2, 0) is 4.79 Å². The number of rotatable bonds is 7. The molecule has 2 aromatic rings. The number of nitrogens with one attached hydrogen (secondary N) is 2. The van der Waals surface area contributed by atoms with Crippen LogP contribution in [0.15, 0.2) is 52.2 Å². The molecule has 0 aliphatic rings. The Morgan fingerprint density at radius 1 is 1.33 bits per heavy atom. The minimum absolute atomic E-state index is 0.128. The minimum Gasteiger partial charge on any atom is -0.494 e. The Morgan fingerprint density at radius 2 is 2.14 bits per heavy atom. The monoisotopic (exact) mass is 287 g/mol. The Labute approximate surface area is 122 Å². The fraction of sp³-hybridized carbons (Fsp3) is 0.200. The van der Waals surface area contributed by atoms with Gasteiger partial charge < -0.3 is 14.5 Å². The van der Waals surface area contributed by atoms with Gasteiger partial charge in [-0.05, 0) is 43.3 Å². The van der Waals surface area contributed by atoms with Crippen LogP contribution in [0.1, 0.15) is 12.7 Å². The van der Waals surface area contributed by atoms with E-state index in [4.69, 9.17) is 9.15 Å². The lowest BCUT2D eigenvalue weighted by Gasteiger charge is -2.07. The molecule has 110 valence electrons. The predicted molar refractivity (Wildman–Crippen MR) is 80.5 cm³/mol. The molecule has 2 rings (SSSR count). The smallest absolute Gasteiger partial charge is 0.259 e. The number of amides is 1. The van der Waals surface area contributed by atoms with Gasteiger partial charge in [0.15, 0.2) is 0 Å². The predicted octanol–water partition coefficient (Wildman–Crippen LogP) is 2.24. The van der Waals surface area contributed by atoms with Gasteiger partial charge in [-0.1, -0.05) is 0 Å². The molecular weight excluding hydrogens is 270 g/mol. The van der Waals surface area contributed by atoms with Gasteiger partial charge in [0.25, 0.3) is 5.91 Å². The van der Waals surface area contributed by atoms with Gasteiger partial charge in [0.1, 0.15) is 11.5 Å². The lowest BCUT2D eigenvalue weighted by Crippen LogP contribution is -2.25. The lowest BCUT2D eigenvalue weighted by molar-refractivity contribution is -0.119. The maximum absolute atomic E-state index is 11.6. The molecular formula is C15H17N3O3. The number of anilines is 1. The molecule has 0 saturated heterocycles. The van der Waals surface area contributed by atoms with E-state index in [-0.39, 0.29) is 12.5 Å². The average Bonchev–Trinajstić information content (AvgIpc) is 3.00. The number of nitrogens with zero attached hydrogens (tertiary/aromatic N) is 1. The summed E-state index contributed by atoms with van der Waals surface area (Å²) in [7, 11) is 0. The molecule has 0 fully saturated rings. The molecule has 0 aliphatic carbocycles. The van der Waals surface area contributed by atoms with Crippen LogP contribution < -0.4 is 15.5 Å². The van der Waals surface area contributed by atoms with Crippen molar-refractivity contribution < 1.29 is 13.9 Å². The van der Waals surface area contributed by atoms with Gasteiger partial charge in [-0.3, -0.25) is 4.79 Å². The van der Waals surface area contributed by atoms with Crippen molar-refractivity contribution in [3.63, 3.8) is 0 Å². The van der Waals surface area contributed by atoms with E-state index in [1.165, 1.54) is 12.5 Å². The molecule has 6 nitrogen and oxygen atoms in total. The SMILES string of the molecule is CCOc1ccc(NCC(=O)N/N=C\c2ccco2)cc1. The Bertz CT molecular complexity index is 577. The second kappa shape index (κ2) is 7.74. The van der Waals surface area contributed by atoms with Gasteiger partial charge in [0.2, 0.25) is 0 Å². The van der Waals surface area contributed by atoms with Gasteiger partial charge >= 0.3 is 0 Å². The number of carbonyl (C=O) groups is 1. The van der Waals surface area contributed by atoms with Crippen LogP contribution in [0.3, 0.4) is 0 Å². The van der Waals surface area contributed by atoms with Crippen molar-refractivity contribution in [3.8, 4) is 5.75 Å². The van der Waals surface area contributed by atoms with Crippen molar-refractivity contribution in [1.29, 1.82) is 0 Å². The molecule has 1 heterocycles. The van der Waals surface area contributed by atoms with Gasteiger partial charge in [0.05, 0.1) is 25.6 Å². The van der Waals surface area contributed by atoms with Crippen molar-refractivity contribution in [2.75, 3.05) is 18.5 Å².